The number of furan rings is 1. The van der Waals surface area contributed by atoms with Gasteiger partial charge in [-0.2, -0.15) is 0 Å². The summed E-state index contributed by atoms with van der Waals surface area (Å²) in [4.78, 5) is 5.11. The predicted molar refractivity (Wildman–Crippen MR) is 73.6 cm³/mol. The van der Waals surface area contributed by atoms with Crippen molar-refractivity contribution in [3.63, 3.8) is 0 Å². The molecule has 4 nitrogen and oxygen atoms in total. The van der Waals surface area contributed by atoms with E-state index in [0.717, 1.165) is 19.6 Å². The van der Waals surface area contributed by atoms with Crippen LogP contribution in [0.2, 0.25) is 0 Å². The average Bonchev–Trinajstić information content (AvgIpc) is 2.88. The second-order valence-corrected chi connectivity index (χ2v) is 5.09. The summed E-state index contributed by atoms with van der Waals surface area (Å²) in [5.74, 6) is 0. The summed E-state index contributed by atoms with van der Waals surface area (Å²) < 4.78 is 5.04. The highest BCUT2D eigenvalue weighted by molar-refractivity contribution is 5.04. The molecule has 0 radical (unpaired) electrons. The first-order chi connectivity index (χ1) is 8.79. The molecule has 0 aliphatic carbocycles. The third-order valence-electron chi connectivity index (χ3n) is 3.77. The highest BCUT2D eigenvalue weighted by Gasteiger charge is 2.21. The highest BCUT2D eigenvalue weighted by atomic mass is 16.3. The van der Waals surface area contributed by atoms with E-state index in [1.807, 2.05) is 6.07 Å². The number of nitrogens with zero attached hydrogens (tertiary/aromatic N) is 2. The van der Waals surface area contributed by atoms with E-state index in [1.54, 1.807) is 12.5 Å². The van der Waals surface area contributed by atoms with Crippen LogP contribution >= 0.6 is 0 Å². The molecule has 4 heteroatoms. The minimum atomic E-state index is 0.692. The quantitative estimate of drug-likeness (QED) is 0.774. The van der Waals surface area contributed by atoms with Crippen molar-refractivity contribution in [2.24, 2.45) is 0 Å². The minimum Gasteiger partial charge on any atom is -0.472 e. The van der Waals surface area contributed by atoms with Gasteiger partial charge in [0, 0.05) is 50.9 Å². The molecule has 1 fully saturated rings. The zero-order valence-corrected chi connectivity index (χ0v) is 11.6. The van der Waals surface area contributed by atoms with Gasteiger partial charge in [0.1, 0.15) is 0 Å². The molecule has 102 valence electrons. The standard InChI is InChI=1S/C14H25N3O/c1-3-17-8-7-16(11-13(17)2)6-5-15-10-14-4-9-18-12-14/h4,9,12-13,15H,3,5-8,10-11H2,1-2H3. The van der Waals surface area contributed by atoms with Gasteiger partial charge in [-0.3, -0.25) is 9.80 Å². The summed E-state index contributed by atoms with van der Waals surface area (Å²) in [5, 5.41) is 3.46. The molecule has 0 bridgehead atoms. The van der Waals surface area contributed by atoms with Crippen LogP contribution in [0.4, 0.5) is 0 Å². The second kappa shape index (κ2) is 6.92. The zero-order chi connectivity index (χ0) is 12.8. The van der Waals surface area contributed by atoms with Crippen molar-refractivity contribution < 1.29 is 4.42 Å². The fourth-order valence-corrected chi connectivity index (χ4v) is 2.61. The van der Waals surface area contributed by atoms with Crippen LogP contribution in [0.15, 0.2) is 23.0 Å². The number of likely N-dealkylation sites (N-methyl/N-ethyl adjacent to an activating group) is 1. The first-order valence-corrected chi connectivity index (χ1v) is 6.97. The largest absolute Gasteiger partial charge is 0.472 e. The molecule has 1 aliphatic rings. The van der Waals surface area contributed by atoms with Crippen molar-refractivity contribution in [2.75, 3.05) is 39.3 Å². The van der Waals surface area contributed by atoms with Crippen LogP contribution in [0, 0.1) is 0 Å². The minimum absolute atomic E-state index is 0.692. The average molecular weight is 251 g/mol. The SMILES string of the molecule is CCN1CCN(CCNCc2ccoc2)CC1C. The molecule has 1 atom stereocenters. The van der Waals surface area contributed by atoms with Gasteiger partial charge in [-0.25, -0.2) is 0 Å². The van der Waals surface area contributed by atoms with Gasteiger partial charge in [0.2, 0.25) is 0 Å². The Morgan fingerprint density at radius 2 is 2.33 bits per heavy atom. The third-order valence-corrected chi connectivity index (χ3v) is 3.77. The maximum atomic E-state index is 5.04. The summed E-state index contributed by atoms with van der Waals surface area (Å²) in [5.41, 5.74) is 1.22. The molecule has 0 aromatic carbocycles. The molecule has 1 unspecified atom stereocenters. The Hall–Kier alpha value is -0.840. The monoisotopic (exact) mass is 251 g/mol. The van der Waals surface area contributed by atoms with E-state index in [4.69, 9.17) is 4.42 Å². The van der Waals surface area contributed by atoms with Crippen molar-refractivity contribution in [2.45, 2.75) is 26.4 Å². The molecule has 1 aliphatic heterocycles. The van der Waals surface area contributed by atoms with Crippen molar-refractivity contribution in [1.82, 2.24) is 15.1 Å². The highest BCUT2D eigenvalue weighted by Crippen LogP contribution is 2.08. The van der Waals surface area contributed by atoms with Gasteiger partial charge in [-0.05, 0) is 19.5 Å². The molecule has 1 aromatic heterocycles. The van der Waals surface area contributed by atoms with E-state index < -0.39 is 0 Å². The molecule has 0 saturated carbocycles. The molecule has 0 spiro atoms. The Morgan fingerprint density at radius 1 is 1.44 bits per heavy atom. The lowest BCUT2D eigenvalue weighted by molar-refractivity contribution is 0.0887. The second-order valence-electron chi connectivity index (χ2n) is 5.09. The predicted octanol–water partition coefficient (Wildman–Crippen LogP) is 1.40. The Morgan fingerprint density at radius 3 is 3.00 bits per heavy atom. The normalized spacial score (nSPS) is 22.4. The molecule has 1 aromatic rings. The van der Waals surface area contributed by atoms with Gasteiger partial charge in [-0.1, -0.05) is 6.92 Å². The van der Waals surface area contributed by atoms with E-state index in [9.17, 15) is 0 Å². The fourth-order valence-electron chi connectivity index (χ4n) is 2.61. The van der Waals surface area contributed by atoms with Crippen LogP contribution in [-0.2, 0) is 6.54 Å². The molecular weight excluding hydrogens is 226 g/mol. The van der Waals surface area contributed by atoms with Crippen molar-refractivity contribution in [3.05, 3.63) is 24.2 Å². The number of nitrogens with one attached hydrogen (secondary N) is 1. The summed E-state index contributed by atoms with van der Waals surface area (Å²) in [6, 6.07) is 2.70. The van der Waals surface area contributed by atoms with Crippen molar-refractivity contribution in [1.29, 1.82) is 0 Å². The molecule has 2 heterocycles. The van der Waals surface area contributed by atoms with Crippen molar-refractivity contribution >= 4 is 0 Å². The van der Waals surface area contributed by atoms with Crippen LogP contribution in [0.25, 0.3) is 0 Å². The number of hydrogen-bond donors (Lipinski definition) is 1. The van der Waals surface area contributed by atoms with E-state index in [1.165, 1.54) is 31.7 Å². The molecule has 1 N–H and O–H groups in total. The lowest BCUT2D eigenvalue weighted by atomic mass is 10.2. The van der Waals surface area contributed by atoms with E-state index in [-0.39, 0.29) is 0 Å². The van der Waals surface area contributed by atoms with Gasteiger partial charge in [0.25, 0.3) is 0 Å². The molecular formula is C14H25N3O. The summed E-state index contributed by atoms with van der Waals surface area (Å²) >= 11 is 0. The molecule has 0 amide bonds. The Kier molecular flexibility index (Phi) is 5.23. The van der Waals surface area contributed by atoms with Crippen LogP contribution in [-0.4, -0.2) is 55.1 Å². The van der Waals surface area contributed by atoms with E-state index >= 15 is 0 Å². The van der Waals surface area contributed by atoms with Crippen LogP contribution in [0.5, 0.6) is 0 Å². The smallest absolute Gasteiger partial charge is 0.0947 e. The Balaban J connectivity index is 1.60. The zero-order valence-electron chi connectivity index (χ0n) is 11.6. The maximum absolute atomic E-state index is 5.04. The first kappa shape index (κ1) is 13.6. The van der Waals surface area contributed by atoms with Gasteiger partial charge in [-0.15, -0.1) is 0 Å². The van der Waals surface area contributed by atoms with Crippen LogP contribution in [0.1, 0.15) is 19.4 Å². The molecule has 18 heavy (non-hydrogen) atoms. The first-order valence-electron chi connectivity index (χ1n) is 6.97. The van der Waals surface area contributed by atoms with Crippen molar-refractivity contribution in [3.8, 4) is 0 Å². The summed E-state index contributed by atoms with van der Waals surface area (Å²) in [6.45, 7) is 12.4. The van der Waals surface area contributed by atoms with E-state index in [0.29, 0.717) is 6.04 Å². The van der Waals surface area contributed by atoms with Gasteiger partial charge < -0.3 is 9.73 Å². The van der Waals surface area contributed by atoms with Gasteiger partial charge >= 0.3 is 0 Å². The summed E-state index contributed by atoms with van der Waals surface area (Å²) in [7, 11) is 0. The van der Waals surface area contributed by atoms with E-state index in [2.05, 4.69) is 29.0 Å². The van der Waals surface area contributed by atoms with Crippen LogP contribution < -0.4 is 5.32 Å². The lowest BCUT2D eigenvalue weighted by Gasteiger charge is -2.39. The fraction of sp³-hybridized carbons (Fsp3) is 0.714. The number of rotatable bonds is 6. The topological polar surface area (TPSA) is 31.6 Å². The summed E-state index contributed by atoms with van der Waals surface area (Å²) in [6.07, 6.45) is 3.53. The number of hydrogen-bond acceptors (Lipinski definition) is 4. The maximum Gasteiger partial charge on any atom is 0.0947 e. The molecule has 2 rings (SSSR count). The Bertz CT molecular complexity index is 326. The number of piperazine rings is 1. The third kappa shape index (κ3) is 3.83. The van der Waals surface area contributed by atoms with Gasteiger partial charge in [0.15, 0.2) is 0 Å². The van der Waals surface area contributed by atoms with Crippen LogP contribution in [0.3, 0.4) is 0 Å². The molecule has 1 saturated heterocycles. The van der Waals surface area contributed by atoms with Gasteiger partial charge in [0.05, 0.1) is 12.5 Å². The Labute approximate surface area is 110 Å². The lowest BCUT2D eigenvalue weighted by Crippen LogP contribution is -2.52.